The molecule has 4 saturated carbocycles. The summed E-state index contributed by atoms with van der Waals surface area (Å²) in [5, 5.41) is 71.6. The number of hydrogen-bond donors (Lipinski definition) is 6. The van der Waals surface area contributed by atoms with Crippen molar-refractivity contribution in [2.45, 2.75) is 197 Å². The SMILES string of the molecule is C[C@@H]1[C@]2(O[C@H]3C=C4C5CCC6Cc7nc8c(nc7C[C@]6(C)C5C[C@@H](O)[C@]4(C)[C@]31O)CC1CCC3C4=CC[C@@H]5[C@H](C)[C@@]6(OC[C@]45C(=O)C[C@]3(O)[C@@]1(C)C8)OC(C)(C)C[C@H]6O)O[C@](C)(CO)C[C@H]2O. The molecule has 8 fully saturated rings. The molecule has 5 unspecified atom stereocenters. The summed E-state index contributed by atoms with van der Waals surface area (Å²) >= 11 is 0. The summed E-state index contributed by atoms with van der Waals surface area (Å²) in [7, 11) is 0. The molecule has 1 aromatic rings. The van der Waals surface area contributed by atoms with E-state index in [1.54, 1.807) is 6.92 Å². The molecule has 0 amide bonds. The summed E-state index contributed by atoms with van der Waals surface area (Å²) in [6.45, 7) is 16.2. The number of rotatable bonds is 1. The summed E-state index contributed by atoms with van der Waals surface area (Å²) < 4.78 is 26.2. The minimum Gasteiger partial charge on any atom is -0.393 e. The smallest absolute Gasteiger partial charge is 0.201 e. The van der Waals surface area contributed by atoms with Gasteiger partial charge in [0, 0.05) is 47.8 Å². The van der Waals surface area contributed by atoms with E-state index in [9.17, 15) is 35.4 Å². The third kappa shape index (κ3) is 5.00. The van der Waals surface area contributed by atoms with Crippen LogP contribution in [0.15, 0.2) is 23.3 Å². The van der Waals surface area contributed by atoms with Crippen LogP contribution in [0.1, 0.15) is 136 Å². The molecule has 4 aliphatic heterocycles. The third-order valence-corrected chi connectivity index (χ3v) is 23.1. The summed E-state index contributed by atoms with van der Waals surface area (Å²) in [4.78, 5) is 26.0. The lowest BCUT2D eigenvalue weighted by Crippen LogP contribution is -2.70. The Kier molecular flexibility index (Phi) is 8.86. The Labute approximate surface area is 394 Å². The van der Waals surface area contributed by atoms with Crippen LogP contribution in [-0.2, 0) is 49.4 Å². The van der Waals surface area contributed by atoms with E-state index in [4.69, 9.17) is 28.9 Å². The molecule has 0 aromatic carbocycles. The van der Waals surface area contributed by atoms with Crippen molar-refractivity contribution in [2.24, 2.45) is 69.0 Å². The van der Waals surface area contributed by atoms with Crippen molar-refractivity contribution in [3.63, 3.8) is 0 Å². The molecule has 0 radical (unpaired) electrons. The van der Waals surface area contributed by atoms with Gasteiger partial charge in [0.15, 0.2) is 5.79 Å². The standard InChI is InChI=1S/C54H74N2O11/c1-26-31-13-14-32-33-12-10-29-16-37-39(20-48(29,7)51(33,62)23-41(59)50(31,32)25-64-53(26)42(60)21-45(3,4)66-53)56-36-15-28-9-11-30-34(47(28,6)19-38(36)55-37)17-40(58)49(8)35(30)18-44-52(49,63)27(2)54(65-44)43(61)22-46(5,24-57)67-54/h14,18,26-31,33-34,40,42-44,57-58,60-63H,9-13,15-17,19-25H2,1-8H3/t26-,27-,28?,29?,30?,31+,33?,34?,40+,42+,43+,44-,46-,47-,48-,49+,50+,51+,52+,53+,54-/m0/s1. The first-order valence-corrected chi connectivity index (χ1v) is 26.1. The molecular weight excluding hydrogens is 853 g/mol. The van der Waals surface area contributed by atoms with Gasteiger partial charge in [0.1, 0.15) is 29.7 Å². The lowest BCUT2D eigenvalue weighted by Gasteiger charge is -2.64. The lowest BCUT2D eigenvalue weighted by molar-refractivity contribution is -0.337. The van der Waals surface area contributed by atoms with E-state index in [0.29, 0.717) is 38.0 Å². The summed E-state index contributed by atoms with van der Waals surface area (Å²) in [6, 6.07) is 0. The summed E-state index contributed by atoms with van der Waals surface area (Å²) in [5.41, 5.74) is -0.652. The van der Waals surface area contributed by atoms with Crippen molar-refractivity contribution in [2.75, 3.05) is 13.2 Å². The second-order valence-electron chi connectivity index (χ2n) is 26.2. The van der Waals surface area contributed by atoms with Gasteiger partial charge in [-0.2, -0.15) is 0 Å². The first-order valence-electron chi connectivity index (χ1n) is 26.1. The van der Waals surface area contributed by atoms with Crippen LogP contribution in [0, 0.1) is 69.0 Å². The normalized spacial score (nSPS) is 57.3. The highest BCUT2D eigenvalue weighted by atomic mass is 16.7. The highest BCUT2D eigenvalue weighted by Gasteiger charge is 2.79. The quantitative estimate of drug-likeness (QED) is 0.214. The molecule has 67 heavy (non-hydrogen) atoms. The highest BCUT2D eigenvalue weighted by molar-refractivity contribution is 5.92. The second kappa shape index (κ2) is 13.3. The number of ketones is 1. The number of Topliss-reactive ketones (excluding diaryl/α,β-unsaturated/α-hetero) is 1. The average molecular weight is 927 g/mol. The van der Waals surface area contributed by atoms with Gasteiger partial charge in [-0.3, -0.25) is 14.8 Å². The number of fused-ring (bicyclic) bond motifs is 13. The van der Waals surface area contributed by atoms with Crippen molar-refractivity contribution in [3.05, 3.63) is 46.1 Å². The molecule has 13 heteroatoms. The van der Waals surface area contributed by atoms with E-state index in [1.165, 1.54) is 0 Å². The molecule has 4 saturated heterocycles. The minimum atomic E-state index is -1.52. The van der Waals surface area contributed by atoms with Gasteiger partial charge in [-0.1, -0.05) is 57.9 Å². The van der Waals surface area contributed by atoms with E-state index >= 15 is 0 Å². The molecule has 3 spiro atoms. The maximum atomic E-state index is 15.0. The van der Waals surface area contributed by atoms with Crippen LogP contribution >= 0.6 is 0 Å². The third-order valence-electron chi connectivity index (χ3n) is 23.1. The Morgan fingerprint density at radius 3 is 2.13 bits per heavy atom. The van der Waals surface area contributed by atoms with Gasteiger partial charge in [0.05, 0.1) is 64.3 Å². The molecule has 13 rings (SSSR count). The van der Waals surface area contributed by atoms with Gasteiger partial charge in [0.25, 0.3) is 0 Å². The van der Waals surface area contributed by atoms with Crippen LogP contribution in [-0.4, -0.2) is 118 Å². The summed E-state index contributed by atoms with van der Waals surface area (Å²) in [6.07, 6.45) is 9.30. The number of nitrogens with zero attached hydrogens (tertiary/aromatic N) is 2. The fourth-order valence-electron chi connectivity index (χ4n) is 19.3. The number of aromatic nitrogens is 2. The molecule has 12 aliphatic rings. The molecule has 6 N–H and O–H groups in total. The fraction of sp³-hybridized carbons (Fsp3) is 0.833. The Bertz CT molecular complexity index is 2440. The van der Waals surface area contributed by atoms with Crippen LogP contribution < -0.4 is 0 Å². The first-order chi connectivity index (χ1) is 31.4. The summed E-state index contributed by atoms with van der Waals surface area (Å²) in [5.74, 6) is -2.92. The molecule has 5 heterocycles. The molecule has 1 aromatic heterocycles. The van der Waals surface area contributed by atoms with E-state index < -0.39 is 80.6 Å². The number of ether oxygens (including phenoxy) is 4. The molecule has 8 aliphatic carbocycles. The molecular formula is C54H74N2O11. The van der Waals surface area contributed by atoms with E-state index in [-0.39, 0.29) is 72.8 Å². The van der Waals surface area contributed by atoms with Crippen molar-refractivity contribution < 1.29 is 54.4 Å². The minimum absolute atomic E-state index is 0.0598. The monoisotopic (exact) mass is 927 g/mol. The van der Waals surface area contributed by atoms with Crippen LogP contribution in [0.25, 0.3) is 0 Å². The lowest BCUT2D eigenvalue weighted by atomic mass is 9.42. The Hall–Kier alpha value is -2.17. The fourth-order valence-corrected chi connectivity index (χ4v) is 19.3. The van der Waals surface area contributed by atoms with Crippen molar-refractivity contribution >= 4 is 5.78 Å². The Balaban J connectivity index is 0.772. The van der Waals surface area contributed by atoms with E-state index in [2.05, 4.69) is 32.9 Å². The van der Waals surface area contributed by atoms with Gasteiger partial charge in [-0.15, -0.1) is 0 Å². The zero-order chi connectivity index (χ0) is 47.2. The van der Waals surface area contributed by atoms with Crippen molar-refractivity contribution in [3.8, 4) is 0 Å². The second-order valence-corrected chi connectivity index (χ2v) is 26.2. The van der Waals surface area contributed by atoms with E-state index in [1.807, 2.05) is 27.7 Å². The van der Waals surface area contributed by atoms with Gasteiger partial charge in [-0.05, 0) is 120 Å². The zero-order valence-corrected chi connectivity index (χ0v) is 40.8. The predicted molar refractivity (Wildman–Crippen MR) is 242 cm³/mol. The van der Waals surface area contributed by atoms with Gasteiger partial charge in [-0.25, -0.2) is 0 Å². The molecule has 366 valence electrons. The van der Waals surface area contributed by atoms with Gasteiger partial charge < -0.3 is 49.6 Å². The van der Waals surface area contributed by atoms with Crippen molar-refractivity contribution in [1.29, 1.82) is 0 Å². The van der Waals surface area contributed by atoms with E-state index in [0.717, 1.165) is 72.4 Å². The maximum Gasteiger partial charge on any atom is 0.201 e. The topological polar surface area (TPSA) is 201 Å². The number of carbonyl (C=O) groups excluding carboxylic acids is 1. The number of hydrogen-bond acceptors (Lipinski definition) is 13. The number of aliphatic hydroxyl groups excluding tert-OH is 4. The number of carbonyl (C=O) groups is 1. The Morgan fingerprint density at radius 2 is 1.45 bits per heavy atom. The molecule has 0 bridgehead atoms. The van der Waals surface area contributed by atoms with Gasteiger partial charge >= 0.3 is 0 Å². The Morgan fingerprint density at radius 1 is 0.761 bits per heavy atom. The van der Waals surface area contributed by atoms with Crippen molar-refractivity contribution in [1.82, 2.24) is 9.97 Å². The highest BCUT2D eigenvalue weighted by Crippen LogP contribution is 2.73. The van der Waals surface area contributed by atoms with Crippen LogP contribution in [0.2, 0.25) is 0 Å². The maximum absolute atomic E-state index is 15.0. The zero-order valence-electron chi connectivity index (χ0n) is 40.8. The molecule has 13 nitrogen and oxygen atoms in total. The largest absolute Gasteiger partial charge is 0.393 e. The predicted octanol–water partition coefficient (Wildman–Crippen LogP) is 4.62. The molecule has 21 atom stereocenters. The number of allylic oxidation sites excluding steroid dienone is 1. The van der Waals surface area contributed by atoms with Crippen LogP contribution in [0.5, 0.6) is 0 Å². The first kappa shape index (κ1) is 44.7. The van der Waals surface area contributed by atoms with Crippen LogP contribution in [0.4, 0.5) is 0 Å². The average Bonchev–Trinajstić information content (AvgIpc) is 3.98. The van der Waals surface area contributed by atoms with Crippen LogP contribution in [0.3, 0.4) is 0 Å². The number of aliphatic hydroxyl groups is 6. The van der Waals surface area contributed by atoms with Gasteiger partial charge in [0.2, 0.25) is 5.79 Å².